The lowest BCUT2D eigenvalue weighted by Gasteiger charge is -2.13. The highest BCUT2D eigenvalue weighted by atomic mass is 32.1. The summed E-state index contributed by atoms with van der Waals surface area (Å²) in [6, 6.07) is 7.21. The monoisotopic (exact) mass is 356 g/mol. The number of benzene rings is 1. The van der Waals surface area contributed by atoms with Gasteiger partial charge in [0.2, 0.25) is 0 Å². The molecule has 0 saturated carbocycles. The Kier molecular flexibility index (Phi) is 4.03. The van der Waals surface area contributed by atoms with E-state index in [-0.39, 0.29) is 5.97 Å². The lowest BCUT2D eigenvalue weighted by Crippen LogP contribution is -2.73. The first-order valence-corrected chi connectivity index (χ1v) is 8.95. The molecule has 2 aromatic rings. The molecule has 1 aliphatic carbocycles. The van der Waals surface area contributed by atoms with Crippen LogP contribution in [0.4, 0.5) is 5.69 Å². The molecular weight excluding hydrogens is 338 g/mol. The maximum absolute atomic E-state index is 12.4. The van der Waals surface area contributed by atoms with Gasteiger partial charge in [-0.3, -0.25) is 0 Å². The van der Waals surface area contributed by atoms with E-state index in [9.17, 15) is 4.79 Å². The summed E-state index contributed by atoms with van der Waals surface area (Å²) in [7, 11) is 0. The number of hydrogen-bond acceptors (Lipinski definition) is 6. The molecule has 4 N–H and O–H groups in total. The summed E-state index contributed by atoms with van der Waals surface area (Å²) in [4.78, 5) is 13.0. The van der Waals surface area contributed by atoms with E-state index < -0.39 is 0 Å². The van der Waals surface area contributed by atoms with Gasteiger partial charge in [-0.25, -0.2) is 4.79 Å². The molecule has 128 valence electrons. The number of quaternary nitrogens is 1. The van der Waals surface area contributed by atoms with Gasteiger partial charge in [0.05, 0.1) is 18.4 Å². The first-order chi connectivity index (χ1) is 12.2. The lowest BCUT2D eigenvalue weighted by atomic mass is 9.91. The molecule has 0 atom stereocenters. The van der Waals surface area contributed by atoms with Crippen molar-refractivity contribution in [1.29, 1.82) is 0 Å². The van der Waals surface area contributed by atoms with Gasteiger partial charge in [0.25, 0.3) is 0 Å². The van der Waals surface area contributed by atoms with E-state index in [0.717, 1.165) is 29.7 Å². The molecule has 25 heavy (non-hydrogen) atoms. The minimum atomic E-state index is -0.293. The summed E-state index contributed by atoms with van der Waals surface area (Å²) in [5, 5.41) is 4.96. The van der Waals surface area contributed by atoms with Gasteiger partial charge in [0.1, 0.15) is 10.6 Å². The van der Waals surface area contributed by atoms with Crippen molar-refractivity contribution in [2.75, 3.05) is 12.3 Å². The predicted molar refractivity (Wildman–Crippen MR) is 96.9 cm³/mol. The van der Waals surface area contributed by atoms with Crippen molar-refractivity contribution >= 4 is 34.9 Å². The van der Waals surface area contributed by atoms with Crippen LogP contribution in [0.1, 0.15) is 34.1 Å². The Morgan fingerprint density at radius 1 is 1.32 bits per heavy atom. The number of carbonyl (C=O) groups is 1. The van der Waals surface area contributed by atoms with Crippen molar-refractivity contribution in [2.24, 2.45) is 5.10 Å². The normalized spacial score (nSPS) is 15.1. The zero-order chi connectivity index (χ0) is 17.4. The second-order valence-electron chi connectivity index (χ2n) is 5.81. The van der Waals surface area contributed by atoms with Crippen molar-refractivity contribution in [2.45, 2.75) is 19.8 Å². The van der Waals surface area contributed by atoms with Gasteiger partial charge in [0.15, 0.2) is 10.8 Å². The fourth-order valence-electron chi connectivity index (χ4n) is 3.07. The van der Waals surface area contributed by atoms with E-state index in [2.05, 4.69) is 5.10 Å². The van der Waals surface area contributed by atoms with E-state index in [0.29, 0.717) is 28.0 Å². The molecule has 2 aliphatic rings. The van der Waals surface area contributed by atoms with Crippen molar-refractivity contribution in [3.05, 3.63) is 45.8 Å². The molecule has 0 fully saturated rings. The number of thiophene rings is 1. The van der Waals surface area contributed by atoms with E-state index in [1.807, 2.05) is 30.7 Å². The Labute approximate surface area is 148 Å². The third-order valence-electron chi connectivity index (χ3n) is 4.22. The number of fused-ring (bicyclic) bond motifs is 2. The Bertz CT molecular complexity index is 897. The standard InChI is InChI=1S/C18H17N3O3S/c1-2-23-17(22)16-13-8-3-10-9-20-21-15(10)14(13)18(25-16)24-12-6-4-11(19)5-7-12/h4-7,9H,2-3,8,19H2,1H3,(H,20,21)/p+1. The number of nitrogens with two attached hydrogens (primary N) is 2. The Morgan fingerprint density at radius 3 is 2.88 bits per heavy atom. The van der Waals surface area contributed by atoms with Crippen molar-refractivity contribution in [1.82, 2.24) is 0 Å². The van der Waals surface area contributed by atoms with Crippen LogP contribution in [0.3, 0.4) is 0 Å². The van der Waals surface area contributed by atoms with Gasteiger partial charge in [-0.2, -0.15) is 5.43 Å². The summed E-state index contributed by atoms with van der Waals surface area (Å²) >= 11 is 1.33. The van der Waals surface area contributed by atoms with Gasteiger partial charge in [0, 0.05) is 11.3 Å². The number of anilines is 1. The number of allylic oxidation sites excluding steroid dienone is 1. The predicted octanol–water partition coefficient (Wildman–Crippen LogP) is 2.52. The van der Waals surface area contributed by atoms with Crippen molar-refractivity contribution in [3.8, 4) is 10.8 Å². The molecule has 0 saturated heterocycles. The molecule has 1 aliphatic heterocycles. The molecular formula is C18H18N3O3S+. The van der Waals surface area contributed by atoms with Crippen LogP contribution in [0, 0.1) is 0 Å². The number of esters is 1. The first-order valence-electron chi connectivity index (χ1n) is 8.13. The second kappa shape index (κ2) is 6.34. The number of carbonyl (C=O) groups excluding carboxylic acids is 1. The van der Waals surface area contributed by atoms with Crippen LogP contribution < -0.4 is 15.9 Å². The number of nitrogens with zero attached hydrogens (tertiary/aromatic N) is 1. The zero-order valence-electron chi connectivity index (χ0n) is 13.7. The quantitative estimate of drug-likeness (QED) is 0.500. The lowest BCUT2D eigenvalue weighted by molar-refractivity contribution is -0.565. The van der Waals surface area contributed by atoms with Crippen LogP contribution in [0.2, 0.25) is 0 Å². The maximum atomic E-state index is 12.4. The molecule has 0 spiro atoms. The summed E-state index contributed by atoms with van der Waals surface area (Å²) in [5.41, 5.74) is 12.4. The first kappa shape index (κ1) is 15.9. The summed E-state index contributed by atoms with van der Waals surface area (Å²) in [5.74, 6) is 0.388. The maximum Gasteiger partial charge on any atom is 0.348 e. The van der Waals surface area contributed by atoms with Gasteiger partial charge in [-0.1, -0.05) is 16.4 Å². The molecule has 7 heteroatoms. The topological polar surface area (TPSA) is 90.5 Å². The Morgan fingerprint density at radius 2 is 2.12 bits per heavy atom. The average Bonchev–Trinajstić information content (AvgIpc) is 3.21. The number of nitrogen functional groups attached to an aromatic ring is 1. The number of ether oxygens (including phenoxy) is 2. The molecule has 0 unspecified atom stereocenters. The van der Waals surface area contributed by atoms with Gasteiger partial charge >= 0.3 is 5.97 Å². The molecule has 4 rings (SSSR count). The molecule has 2 heterocycles. The van der Waals surface area contributed by atoms with Gasteiger partial charge in [-0.15, -0.1) is 0 Å². The van der Waals surface area contributed by atoms with E-state index in [4.69, 9.17) is 15.2 Å². The van der Waals surface area contributed by atoms with Crippen LogP contribution in [0.15, 0.2) is 34.9 Å². The largest absolute Gasteiger partial charge is 0.462 e. The molecule has 6 nitrogen and oxygen atoms in total. The molecule has 1 aromatic carbocycles. The average molecular weight is 356 g/mol. The third kappa shape index (κ3) is 2.81. The summed E-state index contributed by atoms with van der Waals surface area (Å²) in [6.45, 7) is 2.16. The van der Waals surface area contributed by atoms with Crippen LogP contribution in [-0.2, 0) is 11.2 Å². The van der Waals surface area contributed by atoms with Crippen LogP contribution >= 0.6 is 11.3 Å². The van der Waals surface area contributed by atoms with E-state index in [1.54, 1.807) is 12.1 Å². The zero-order valence-corrected chi connectivity index (χ0v) is 14.6. The third-order valence-corrected chi connectivity index (χ3v) is 5.31. The fraction of sp³-hybridized carbons (Fsp3) is 0.222. The molecule has 1 aromatic heterocycles. The SMILES string of the molecule is CCOC(=O)c1sc(Oc2ccc(N)cc2)c2c1CCC1=C2[NH2+]N=C1. The fourth-order valence-corrected chi connectivity index (χ4v) is 4.20. The van der Waals surface area contributed by atoms with Gasteiger partial charge in [-0.05, 0) is 49.6 Å². The van der Waals surface area contributed by atoms with Crippen molar-refractivity contribution < 1.29 is 19.7 Å². The van der Waals surface area contributed by atoms with E-state index >= 15 is 0 Å². The van der Waals surface area contributed by atoms with Crippen LogP contribution in [0.5, 0.6) is 10.8 Å². The van der Waals surface area contributed by atoms with Gasteiger partial charge < -0.3 is 15.2 Å². The summed E-state index contributed by atoms with van der Waals surface area (Å²) in [6.07, 6.45) is 3.53. The molecule has 0 amide bonds. The molecule has 0 radical (unpaired) electrons. The number of hydrogen-bond donors (Lipinski definition) is 2. The highest BCUT2D eigenvalue weighted by Gasteiger charge is 2.35. The van der Waals surface area contributed by atoms with Crippen molar-refractivity contribution in [3.63, 3.8) is 0 Å². The minimum Gasteiger partial charge on any atom is -0.462 e. The second-order valence-corrected chi connectivity index (χ2v) is 6.79. The molecule has 0 bridgehead atoms. The van der Waals surface area contributed by atoms with Crippen LogP contribution in [-0.4, -0.2) is 18.8 Å². The Hall–Kier alpha value is -2.64. The highest BCUT2D eigenvalue weighted by molar-refractivity contribution is 7.16. The smallest absolute Gasteiger partial charge is 0.348 e. The van der Waals surface area contributed by atoms with E-state index in [1.165, 1.54) is 16.9 Å². The minimum absolute atomic E-state index is 0.293. The number of rotatable bonds is 4. The Balaban J connectivity index is 1.78. The summed E-state index contributed by atoms with van der Waals surface area (Å²) < 4.78 is 11.3. The highest BCUT2D eigenvalue weighted by Crippen LogP contribution is 2.45. The van der Waals surface area contributed by atoms with Crippen LogP contribution in [0.25, 0.3) is 5.70 Å².